The predicted octanol–water partition coefficient (Wildman–Crippen LogP) is 11.1. The molecular weight excluding hydrogens is 582 g/mol. The summed E-state index contributed by atoms with van der Waals surface area (Å²) in [5, 5.41) is 0. The summed E-state index contributed by atoms with van der Waals surface area (Å²) in [5.74, 6) is 12.1. The van der Waals surface area contributed by atoms with Gasteiger partial charge in [0.05, 0.1) is 34.0 Å². The minimum absolute atomic E-state index is 0.0802. The summed E-state index contributed by atoms with van der Waals surface area (Å²) in [6.07, 6.45) is 32.2. The molecule has 0 bridgehead atoms. The molecule has 0 amide bonds. The van der Waals surface area contributed by atoms with Crippen LogP contribution in [0.3, 0.4) is 0 Å². The van der Waals surface area contributed by atoms with E-state index >= 15 is 0 Å². The molecule has 0 rings (SSSR count). The van der Waals surface area contributed by atoms with Gasteiger partial charge < -0.3 is 14.0 Å². The lowest BCUT2D eigenvalue weighted by molar-refractivity contribution is -0.873. The topological polar surface area (TPSA) is 52.6 Å². The second kappa shape index (κ2) is 33.9. The number of quaternary nitrogens is 1. The molecule has 5 nitrogen and oxygen atoms in total. The number of rotatable bonds is 31. The fraction of sp³-hybridized carbons (Fsp3) is 0.857. The van der Waals surface area contributed by atoms with Gasteiger partial charge >= 0.3 is 11.9 Å². The molecule has 0 saturated heterocycles. The Bertz CT molecular complexity index is 854. The summed E-state index contributed by atoms with van der Waals surface area (Å²) in [6, 6.07) is 0. The third kappa shape index (κ3) is 36.7. The SMILES string of the molecule is CCCCCCCCCCCCCC#CCCC(=O)OCC(C[N+](C)(C)C)OC(=O)CCC#CCCCCCCCCCCCCC. The van der Waals surface area contributed by atoms with E-state index in [0.29, 0.717) is 23.9 Å². The van der Waals surface area contributed by atoms with Crippen molar-refractivity contribution >= 4 is 11.9 Å². The highest BCUT2D eigenvalue weighted by molar-refractivity contribution is 5.70. The second-order valence-electron chi connectivity index (χ2n) is 14.5. The Balaban J connectivity index is 3.98. The van der Waals surface area contributed by atoms with Crippen LogP contribution in [0.5, 0.6) is 0 Å². The fourth-order valence-corrected chi connectivity index (χ4v) is 5.68. The Kier molecular flexibility index (Phi) is 32.5. The van der Waals surface area contributed by atoms with E-state index in [1.807, 2.05) is 21.1 Å². The van der Waals surface area contributed by atoms with Gasteiger partial charge in [-0.1, -0.05) is 142 Å². The standard InChI is InChI=1S/C42H76NO4/c1-6-8-10-12-14-16-18-20-22-24-26-28-30-32-34-36-41(44)46-39-40(38-43(3,4)5)47-42(45)37-35-33-31-29-27-25-23-21-19-17-15-13-11-9-7-2/h40H,6-29,34-39H2,1-5H3/q+1. The lowest BCUT2D eigenvalue weighted by Gasteiger charge is -2.28. The third-order valence-corrected chi connectivity index (χ3v) is 8.45. The van der Waals surface area contributed by atoms with Gasteiger partial charge in [0.25, 0.3) is 0 Å². The Hall–Kier alpha value is -1.98. The average Bonchev–Trinajstić information content (AvgIpc) is 3.03. The zero-order chi connectivity index (χ0) is 34.7. The largest absolute Gasteiger partial charge is 0.461 e. The number of ether oxygens (including phenoxy) is 2. The first-order valence-corrected chi connectivity index (χ1v) is 19.9. The zero-order valence-corrected chi connectivity index (χ0v) is 31.9. The molecule has 47 heavy (non-hydrogen) atoms. The Morgan fingerprint density at radius 2 is 0.830 bits per heavy atom. The summed E-state index contributed by atoms with van der Waals surface area (Å²) in [7, 11) is 6.11. The highest BCUT2D eigenvalue weighted by Gasteiger charge is 2.23. The molecule has 0 heterocycles. The molecule has 0 aliphatic heterocycles. The number of hydrogen-bond donors (Lipinski definition) is 0. The number of carbonyl (C=O) groups excluding carboxylic acids is 2. The molecule has 1 atom stereocenters. The number of carbonyl (C=O) groups is 2. The summed E-state index contributed by atoms with van der Waals surface area (Å²) in [6.45, 7) is 5.19. The van der Waals surface area contributed by atoms with Crippen LogP contribution in [0.25, 0.3) is 0 Å². The number of likely N-dealkylation sites (N-methyl/N-ethyl adjacent to an activating group) is 1. The molecule has 0 fully saturated rings. The van der Waals surface area contributed by atoms with E-state index in [4.69, 9.17) is 9.47 Å². The van der Waals surface area contributed by atoms with E-state index in [2.05, 4.69) is 37.5 Å². The van der Waals surface area contributed by atoms with Crippen LogP contribution in [0.15, 0.2) is 0 Å². The van der Waals surface area contributed by atoms with Crippen LogP contribution in [0.4, 0.5) is 0 Å². The molecule has 0 saturated carbocycles. The molecule has 0 aliphatic rings. The van der Waals surface area contributed by atoms with Crippen molar-refractivity contribution in [2.24, 2.45) is 0 Å². The molecule has 0 aromatic heterocycles. The smallest absolute Gasteiger partial charge is 0.307 e. The van der Waals surface area contributed by atoms with Crippen molar-refractivity contribution in [1.82, 2.24) is 0 Å². The van der Waals surface area contributed by atoms with Gasteiger partial charge in [0.15, 0.2) is 6.10 Å². The molecule has 0 aliphatic carbocycles. The number of esters is 2. The first-order valence-electron chi connectivity index (χ1n) is 19.9. The minimum Gasteiger partial charge on any atom is -0.461 e. The van der Waals surface area contributed by atoms with E-state index < -0.39 is 6.10 Å². The summed E-state index contributed by atoms with van der Waals surface area (Å²) in [5.41, 5.74) is 0. The number of hydrogen-bond acceptors (Lipinski definition) is 4. The van der Waals surface area contributed by atoms with Gasteiger partial charge in [-0.05, 0) is 12.8 Å². The van der Waals surface area contributed by atoms with E-state index in [-0.39, 0.29) is 31.4 Å². The van der Waals surface area contributed by atoms with Gasteiger partial charge in [-0.3, -0.25) is 9.59 Å². The molecule has 0 aromatic carbocycles. The third-order valence-electron chi connectivity index (χ3n) is 8.45. The molecule has 0 N–H and O–H groups in total. The van der Waals surface area contributed by atoms with Crippen molar-refractivity contribution in [1.29, 1.82) is 0 Å². The van der Waals surface area contributed by atoms with Crippen LogP contribution in [0.2, 0.25) is 0 Å². The van der Waals surface area contributed by atoms with Crippen molar-refractivity contribution < 1.29 is 23.5 Å². The maximum atomic E-state index is 12.5. The second-order valence-corrected chi connectivity index (χ2v) is 14.5. The van der Waals surface area contributed by atoms with E-state index in [9.17, 15) is 9.59 Å². The Morgan fingerprint density at radius 3 is 1.21 bits per heavy atom. The van der Waals surface area contributed by atoms with Gasteiger partial charge in [0.2, 0.25) is 0 Å². The quantitative estimate of drug-likeness (QED) is 0.0322. The molecule has 5 heteroatoms. The maximum Gasteiger partial charge on any atom is 0.307 e. The van der Waals surface area contributed by atoms with Gasteiger partial charge in [-0.25, -0.2) is 0 Å². The molecule has 0 radical (unpaired) electrons. The summed E-state index contributed by atoms with van der Waals surface area (Å²) >= 11 is 0. The highest BCUT2D eigenvalue weighted by atomic mass is 16.6. The molecule has 1 unspecified atom stereocenters. The normalized spacial score (nSPS) is 11.7. The highest BCUT2D eigenvalue weighted by Crippen LogP contribution is 2.13. The molecule has 272 valence electrons. The fourth-order valence-electron chi connectivity index (χ4n) is 5.68. The van der Waals surface area contributed by atoms with Crippen molar-refractivity contribution in [3.8, 4) is 23.7 Å². The lowest BCUT2D eigenvalue weighted by atomic mass is 10.1. The lowest BCUT2D eigenvalue weighted by Crippen LogP contribution is -2.45. The van der Waals surface area contributed by atoms with Crippen molar-refractivity contribution in [2.75, 3.05) is 34.3 Å². The van der Waals surface area contributed by atoms with Gasteiger partial charge in [0.1, 0.15) is 13.2 Å². The molecule has 0 spiro atoms. The average molecular weight is 659 g/mol. The van der Waals surface area contributed by atoms with Crippen LogP contribution < -0.4 is 0 Å². The predicted molar refractivity (Wildman–Crippen MR) is 200 cm³/mol. The van der Waals surface area contributed by atoms with Gasteiger partial charge in [-0.2, -0.15) is 0 Å². The van der Waals surface area contributed by atoms with Crippen LogP contribution in [-0.2, 0) is 19.1 Å². The van der Waals surface area contributed by atoms with Gasteiger partial charge in [-0.15, -0.1) is 23.7 Å². The van der Waals surface area contributed by atoms with E-state index in [1.54, 1.807) is 0 Å². The van der Waals surface area contributed by atoms with Crippen molar-refractivity contribution in [3.63, 3.8) is 0 Å². The zero-order valence-electron chi connectivity index (χ0n) is 31.9. The van der Waals surface area contributed by atoms with Crippen LogP contribution in [0, 0.1) is 23.7 Å². The monoisotopic (exact) mass is 659 g/mol. The van der Waals surface area contributed by atoms with Crippen LogP contribution >= 0.6 is 0 Å². The maximum absolute atomic E-state index is 12.5. The van der Waals surface area contributed by atoms with Gasteiger partial charge in [0, 0.05) is 25.7 Å². The van der Waals surface area contributed by atoms with Crippen molar-refractivity contribution in [2.45, 2.75) is 200 Å². The first-order chi connectivity index (χ1) is 22.8. The first kappa shape index (κ1) is 45.0. The Morgan fingerprint density at radius 1 is 0.489 bits per heavy atom. The molecule has 0 aromatic rings. The molecular formula is C42H76NO4+. The van der Waals surface area contributed by atoms with E-state index in [1.165, 1.54) is 128 Å². The minimum atomic E-state index is -0.470. The summed E-state index contributed by atoms with van der Waals surface area (Å²) in [4.78, 5) is 24.8. The van der Waals surface area contributed by atoms with Crippen LogP contribution in [0.1, 0.15) is 194 Å². The van der Waals surface area contributed by atoms with E-state index in [0.717, 1.165) is 25.7 Å². The van der Waals surface area contributed by atoms with Crippen molar-refractivity contribution in [3.05, 3.63) is 0 Å². The Labute approximate surface area is 292 Å². The van der Waals surface area contributed by atoms with Crippen LogP contribution in [-0.4, -0.2) is 56.8 Å². The summed E-state index contributed by atoms with van der Waals surface area (Å²) < 4.78 is 11.8. The number of nitrogens with zero attached hydrogens (tertiary/aromatic N) is 1. The number of unbranched alkanes of at least 4 members (excludes halogenated alkanes) is 22.